The molecule has 0 bridgehead atoms. The summed E-state index contributed by atoms with van der Waals surface area (Å²) in [4.78, 5) is 4.13. The fraction of sp³-hybridized carbons (Fsp3) is 0.562. The van der Waals surface area contributed by atoms with Gasteiger partial charge in [0, 0.05) is 49.8 Å². The molecular weight excluding hydrogens is 507 g/mol. The van der Waals surface area contributed by atoms with Crippen LogP contribution in [0, 0.1) is 0 Å². The maximum absolute atomic E-state index is 12.3. The molecule has 0 radical (unpaired) electrons. The first-order chi connectivity index (χ1) is 12.0. The summed E-state index contributed by atoms with van der Waals surface area (Å²) < 4.78 is 26.2. The van der Waals surface area contributed by atoms with Gasteiger partial charge in [-0.1, -0.05) is 23.7 Å². The maximum Gasteiger partial charge on any atom is 0.215 e. The highest BCUT2D eigenvalue weighted by Crippen LogP contribution is 2.13. The Kier molecular flexibility index (Phi) is 11.2. The number of rotatable bonds is 7. The van der Waals surface area contributed by atoms with Gasteiger partial charge < -0.3 is 10.6 Å². The predicted molar refractivity (Wildman–Crippen MR) is 123 cm³/mol. The maximum atomic E-state index is 12.3. The van der Waals surface area contributed by atoms with Gasteiger partial charge in [0.15, 0.2) is 5.96 Å². The van der Waals surface area contributed by atoms with E-state index < -0.39 is 10.0 Å². The molecule has 0 saturated carbocycles. The van der Waals surface area contributed by atoms with Crippen LogP contribution in [-0.4, -0.2) is 69.2 Å². The molecule has 0 atom stereocenters. The van der Waals surface area contributed by atoms with Crippen molar-refractivity contribution in [2.75, 3.05) is 50.5 Å². The van der Waals surface area contributed by atoms with Crippen molar-refractivity contribution in [2.45, 2.75) is 6.42 Å². The highest BCUT2D eigenvalue weighted by molar-refractivity contribution is 14.0. The normalized spacial score (nSPS) is 16.0. The van der Waals surface area contributed by atoms with Gasteiger partial charge in [-0.05, 0) is 24.1 Å². The third-order valence-corrected chi connectivity index (χ3v) is 6.93. The summed E-state index contributed by atoms with van der Waals surface area (Å²) in [6.07, 6.45) is 0.835. The number of guanidine groups is 1. The molecule has 0 aliphatic carbocycles. The molecule has 2 rings (SSSR count). The van der Waals surface area contributed by atoms with E-state index in [1.54, 1.807) is 23.1 Å². The predicted octanol–water partition coefficient (Wildman–Crippen LogP) is 2.04. The minimum atomic E-state index is -3.19. The largest absolute Gasteiger partial charge is 0.356 e. The first-order valence-corrected chi connectivity index (χ1v) is 11.4. The van der Waals surface area contributed by atoms with Crippen molar-refractivity contribution < 1.29 is 8.42 Å². The molecular formula is C16H26ClIN4O2S2. The number of nitrogens with zero attached hydrogens (tertiary/aromatic N) is 2. The number of hydrogen-bond acceptors (Lipinski definition) is 4. The van der Waals surface area contributed by atoms with Gasteiger partial charge in [-0.25, -0.2) is 12.7 Å². The highest BCUT2D eigenvalue weighted by atomic mass is 127. The average Bonchev–Trinajstić information content (AvgIpc) is 2.62. The van der Waals surface area contributed by atoms with Gasteiger partial charge >= 0.3 is 0 Å². The molecule has 10 heteroatoms. The molecule has 26 heavy (non-hydrogen) atoms. The topological polar surface area (TPSA) is 73.8 Å². The zero-order valence-electron chi connectivity index (χ0n) is 14.8. The molecule has 148 valence electrons. The van der Waals surface area contributed by atoms with Crippen molar-refractivity contribution in [1.82, 2.24) is 14.9 Å². The Bertz CT molecular complexity index is 665. The second-order valence-electron chi connectivity index (χ2n) is 5.63. The number of halogens is 2. The van der Waals surface area contributed by atoms with Gasteiger partial charge in [0.2, 0.25) is 10.0 Å². The van der Waals surface area contributed by atoms with Gasteiger partial charge in [-0.15, -0.1) is 24.0 Å². The van der Waals surface area contributed by atoms with Crippen LogP contribution in [0.1, 0.15) is 5.56 Å². The molecule has 0 unspecified atom stereocenters. The molecule has 1 saturated heterocycles. The van der Waals surface area contributed by atoms with Crippen LogP contribution < -0.4 is 10.6 Å². The van der Waals surface area contributed by atoms with Crippen molar-refractivity contribution in [3.8, 4) is 0 Å². The number of benzene rings is 1. The Balaban J connectivity index is 0.00000338. The summed E-state index contributed by atoms with van der Waals surface area (Å²) in [6, 6.07) is 7.72. The van der Waals surface area contributed by atoms with Crippen LogP contribution in [0.3, 0.4) is 0 Å². The monoisotopic (exact) mass is 532 g/mol. The van der Waals surface area contributed by atoms with E-state index in [1.165, 1.54) is 5.56 Å². The molecule has 0 aromatic heterocycles. The number of thioether (sulfide) groups is 1. The lowest BCUT2D eigenvalue weighted by Gasteiger charge is -2.25. The standard InChI is InChI=1S/C16H25ClN4O2S2.HI/c1-18-16(19-7-6-14-2-4-15(17)5-3-14)20-8-13-25(22,23)21-9-11-24-12-10-21;/h2-5H,6-13H2,1H3,(H2,18,19,20);1H. The second kappa shape index (κ2) is 12.3. The van der Waals surface area contributed by atoms with Crippen LogP contribution in [0.2, 0.25) is 5.02 Å². The molecule has 0 spiro atoms. The summed E-state index contributed by atoms with van der Waals surface area (Å²) in [5.74, 6) is 2.44. The van der Waals surface area contributed by atoms with E-state index in [1.807, 2.05) is 24.3 Å². The fourth-order valence-electron chi connectivity index (χ4n) is 2.45. The molecule has 6 nitrogen and oxygen atoms in total. The van der Waals surface area contributed by atoms with Crippen molar-refractivity contribution >= 4 is 63.3 Å². The van der Waals surface area contributed by atoms with Gasteiger partial charge in [-0.2, -0.15) is 11.8 Å². The van der Waals surface area contributed by atoms with Crippen LogP contribution in [0.5, 0.6) is 0 Å². The summed E-state index contributed by atoms with van der Waals surface area (Å²) >= 11 is 7.67. The van der Waals surface area contributed by atoms with Gasteiger partial charge in [0.05, 0.1) is 5.75 Å². The van der Waals surface area contributed by atoms with Gasteiger partial charge in [-0.3, -0.25) is 4.99 Å². The number of sulfonamides is 1. The Morgan fingerprint density at radius 1 is 1.19 bits per heavy atom. The number of nitrogens with one attached hydrogen (secondary N) is 2. The zero-order valence-corrected chi connectivity index (χ0v) is 19.5. The van der Waals surface area contributed by atoms with Gasteiger partial charge in [0.1, 0.15) is 0 Å². The average molecular weight is 533 g/mol. The minimum absolute atomic E-state index is 0. The number of hydrogen-bond donors (Lipinski definition) is 2. The summed E-state index contributed by atoms with van der Waals surface area (Å²) in [7, 11) is -1.52. The Morgan fingerprint density at radius 2 is 1.81 bits per heavy atom. The van der Waals surface area contributed by atoms with Crippen LogP contribution in [0.4, 0.5) is 0 Å². The van der Waals surface area contributed by atoms with Crippen LogP contribution >= 0.6 is 47.3 Å². The van der Waals surface area contributed by atoms with E-state index in [0.29, 0.717) is 32.1 Å². The zero-order chi connectivity index (χ0) is 18.1. The van der Waals surface area contributed by atoms with Crippen LogP contribution in [0.15, 0.2) is 29.3 Å². The molecule has 1 aliphatic rings. The van der Waals surface area contributed by atoms with E-state index in [0.717, 1.165) is 22.9 Å². The Labute approximate surface area is 182 Å². The fourth-order valence-corrected chi connectivity index (χ4v) is 5.07. The van der Waals surface area contributed by atoms with Gasteiger partial charge in [0.25, 0.3) is 0 Å². The molecule has 1 heterocycles. The first-order valence-electron chi connectivity index (χ1n) is 8.26. The van der Waals surface area contributed by atoms with Crippen LogP contribution in [-0.2, 0) is 16.4 Å². The summed E-state index contributed by atoms with van der Waals surface area (Å²) in [5, 5.41) is 6.98. The lowest BCUT2D eigenvalue weighted by molar-refractivity contribution is 0.443. The Morgan fingerprint density at radius 3 is 2.42 bits per heavy atom. The molecule has 1 aromatic rings. The van der Waals surface area contributed by atoms with Crippen molar-refractivity contribution in [1.29, 1.82) is 0 Å². The third-order valence-electron chi connectivity index (χ3n) is 3.86. The van der Waals surface area contributed by atoms with E-state index in [-0.39, 0.29) is 29.7 Å². The van der Waals surface area contributed by atoms with E-state index in [4.69, 9.17) is 11.6 Å². The summed E-state index contributed by atoms with van der Waals surface area (Å²) in [6.45, 7) is 2.27. The third kappa shape index (κ3) is 8.20. The molecule has 0 amide bonds. The minimum Gasteiger partial charge on any atom is -0.356 e. The Hall–Kier alpha value is -0.230. The number of aliphatic imine (C=N–C) groups is 1. The molecule has 2 N–H and O–H groups in total. The smallest absolute Gasteiger partial charge is 0.215 e. The van der Waals surface area contributed by atoms with E-state index >= 15 is 0 Å². The van der Waals surface area contributed by atoms with E-state index in [9.17, 15) is 8.42 Å². The summed E-state index contributed by atoms with van der Waals surface area (Å²) in [5.41, 5.74) is 1.18. The molecule has 1 aliphatic heterocycles. The lowest BCUT2D eigenvalue weighted by Crippen LogP contribution is -2.44. The highest BCUT2D eigenvalue weighted by Gasteiger charge is 2.23. The van der Waals surface area contributed by atoms with Crippen molar-refractivity contribution in [3.63, 3.8) is 0 Å². The lowest BCUT2D eigenvalue weighted by atomic mass is 10.1. The first kappa shape index (κ1) is 23.8. The van der Waals surface area contributed by atoms with E-state index in [2.05, 4.69) is 15.6 Å². The second-order valence-corrected chi connectivity index (χ2v) is 9.38. The molecule has 1 fully saturated rings. The quantitative estimate of drug-likeness (QED) is 0.319. The van der Waals surface area contributed by atoms with Crippen molar-refractivity contribution in [3.05, 3.63) is 34.9 Å². The molecule has 1 aromatic carbocycles. The SMILES string of the molecule is CN=C(NCCc1ccc(Cl)cc1)NCCS(=O)(=O)N1CCSCC1.I. The van der Waals surface area contributed by atoms with Crippen LogP contribution in [0.25, 0.3) is 0 Å². The van der Waals surface area contributed by atoms with Crippen molar-refractivity contribution in [2.24, 2.45) is 4.99 Å².